The van der Waals surface area contributed by atoms with E-state index in [-0.39, 0.29) is 5.91 Å². The molecule has 0 radical (unpaired) electrons. The van der Waals surface area contributed by atoms with Gasteiger partial charge in [-0.1, -0.05) is 32.0 Å². The van der Waals surface area contributed by atoms with Gasteiger partial charge in [0.1, 0.15) is 11.6 Å². The summed E-state index contributed by atoms with van der Waals surface area (Å²) in [5, 5.41) is 6.09. The molecule has 2 rings (SSSR count). The zero-order valence-electron chi connectivity index (χ0n) is 13.8. The normalized spacial score (nSPS) is 10.4. The largest absolute Gasteiger partial charge is 0.496 e. The lowest BCUT2D eigenvalue weighted by atomic mass is 10.1. The Bertz CT molecular complexity index is 639. The van der Waals surface area contributed by atoms with Crippen molar-refractivity contribution in [1.29, 1.82) is 0 Å². The highest BCUT2D eigenvalue weighted by molar-refractivity contribution is 5.89. The summed E-state index contributed by atoms with van der Waals surface area (Å²) in [6.45, 7) is 4.67. The van der Waals surface area contributed by atoms with Crippen LogP contribution < -0.4 is 15.4 Å². The van der Waals surface area contributed by atoms with Crippen molar-refractivity contribution in [3.8, 4) is 5.75 Å². The summed E-state index contributed by atoms with van der Waals surface area (Å²) in [7, 11) is 1.66. The third-order valence-electron chi connectivity index (χ3n) is 3.30. The van der Waals surface area contributed by atoms with E-state index in [0.29, 0.717) is 24.7 Å². The van der Waals surface area contributed by atoms with E-state index in [0.717, 1.165) is 17.0 Å². The van der Waals surface area contributed by atoms with Crippen LogP contribution in [-0.2, 0) is 11.3 Å². The Kier molecular flexibility index (Phi) is 5.97. The highest BCUT2D eigenvalue weighted by atomic mass is 16.5. The molecule has 122 valence electrons. The number of ether oxygens (including phenoxy) is 1. The lowest BCUT2D eigenvalue weighted by molar-refractivity contribution is -0.116. The molecule has 0 unspecified atom stereocenters. The Labute approximate surface area is 137 Å². The van der Waals surface area contributed by atoms with Crippen LogP contribution in [0.1, 0.15) is 25.8 Å². The fourth-order valence-corrected chi connectivity index (χ4v) is 2.18. The summed E-state index contributed by atoms with van der Waals surface area (Å²) in [6.07, 6.45) is 2.20. The maximum Gasteiger partial charge on any atom is 0.225 e. The van der Waals surface area contributed by atoms with E-state index < -0.39 is 0 Å². The molecule has 1 aromatic heterocycles. The summed E-state index contributed by atoms with van der Waals surface area (Å²) < 4.78 is 5.33. The van der Waals surface area contributed by atoms with Gasteiger partial charge in [0, 0.05) is 18.5 Å². The van der Waals surface area contributed by atoms with Crippen molar-refractivity contribution >= 4 is 17.4 Å². The minimum absolute atomic E-state index is 0.0118. The number of hydrogen-bond acceptors (Lipinski definition) is 4. The molecule has 1 heterocycles. The molecule has 5 heteroatoms. The number of anilines is 2. The molecule has 1 aromatic carbocycles. The SMILES string of the molecule is COc1ccccc1CNc1ccc(NC(=O)CC(C)C)nc1. The number of methoxy groups -OCH3 is 1. The van der Waals surface area contributed by atoms with E-state index in [1.165, 1.54) is 0 Å². The molecule has 0 atom stereocenters. The average Bonchev–Trinajstić information content (AvgIpc) is 2.53. The standard InChI is InChI=1S/C18H23N3O2/c1-13(2)10-18(22)21-17-9-8-15(12-20-17)19-11-14-6-4-5-7-16(14)23-3/h4-9,12-13,19H,10-11H2,1-3H3,(H,20,21,22). The number of carbonyl (C=O) groups excluding carboxylic acids is 1. The van der Waals surface area contributed by atoms with Crippen molar-refractivity contribution in [2.24, 2.45) is 5.92 Å². The average molecular weight is 313 g/mol. The number of aromatic nitrogens is 1. The van der Waals surface area contributed by atoms with Gasteiger partial charge in [0.05, 0.1) is 19.0 Å². The van der Waals surface area contributed by atoms with Gasteiger partial charge < -0.3 is 15.4 Å². The number of carbonyl (C=O) groups is 1. The van der Waals surface area contributed by atoms with Gasteiger partial charge in [-0.15, -0.1) is 0 Å². The molecule has 0 saturated heterocycles. The van der Waals surface area contributed by atoms with E-state index in [1.54, 1.807) is 19.4 Å². The summed E-state index contributed by atoms with van der Waals surface area (Å²) in [6, 6.07) is 11.6. The van der Waals surface area contributed by atoms with Crippen LogP contribution in [0, 0.1) is 5.92 Å². The highest BCUT2D eigenvalue weighted by Crippen LogP contribution is 2.19. The van der Waals surface area contributed by atoms with Crippen molar-refractivity contribution in [3.05, 3.63) is 48.2 Å². The van der Waals surface area contributed by atoms with Crippen LogP contribution >= 0.6 is 0 Å². The second-order valence-electron chi connectivity index (χ2n) is 5.74. The molecule has 0 saturated carbocycles. The van der Waals surface area contributed by atoms with Crippen LogP contribution in [0.25, 0.3) is 0 Å². The number of pyridine rings is 1. The van der Waals surface area contributed by atoms with Crippen molar-refractivity contribution in [2.45, 2.75) is 26.8 Å². The minimum Gasteiger partial charge on any atom is -0.496 e. The Morgan fingerprint density at radius 2 is 2.00 bits per heavy atom. The predicted octanol–water partition coefficient (Wildman–Crippen LogP) is 3.69. The van der Waals surface area contributed by atoms with Gasteiger partial charge in [-0.25, -0.2) is 4.98 Å². The van der Waals surface area contributed by atoms with E-state index in [1.807, 2.05) is 44.2 Å². The van der Waals surface area contributed by atoms with Gasteiger partial charge in [0.15, 0.2) is 0 Å². The number of nitrogens with one attached hydrogen (secondary N) is 2. The number of rotatable bonds is 7. The Balaban J connectivity index is 1.91. The zero-order valence-corrected chi connectivity index (χ0v) is 13.8. The maximum atomic E-state index is 11.7. The zero-order chi connectivity index (χ0) is 16.7. The molecule has 1 amide bonds. The molecule has 0 aliphatic carbocycles. The predicted molar refractivity (Wildman–Crippen MR) is 92.6 cm³/mol. The Morgan fingerprint density at radius 3 is 2.65 bits per heavy atom. The monoisotopic (exact) mass is 313 g/mol. The van der Waals surface area contributed by atoms with E-state index in [9.17, 15) is 4.79 Å². The smallest absolute Gasteiger partial charge is 0.225 e. The van der Waals surface area contributed by atoms with Gasteiger partial charge in [-0.3, -0.25) is 4.79 Å². The van der Waals surface area contributed by atoms with Crippen molar-refractivity contribution in [1.82, 2.24) is 4.98 Å². The first-order chi connectivity index (χ1) is 11.1. The van der Waals surface area contributed by atoms with Crippen LogP contribution in [0.3, 0.4) is 0 Å². The van der Waals surface area contributed by atoms with Crippen molar-refractivity contribution in [3.63, 3.8) is 0 Å². The van der Waals surface area contributed by atoms with Crippen LogP contribution in [0.15, 0.2) is 42.6 Å². The molecule has 2 N–H and O–H groups in total. The second-order valence-corrected chi connectivity index (χ2v) is 5.74. The topological polar surface area (TPSA) is 63.2 Å². The molecule has 5 nitrogen and oxygen atoms in total. The van der Waals surface area contributed by atoms with E-state index in [4.69, 9.17) is 4.74 Å². The molecule has 23 heavy (non-hydrogen) atoms. The number of benzene rings is 1. The lowest BCUT2D eigenvalue weighted by Crippen LogP contribution is -2.14. The number of amides is 1. The van der Waals surface area contributed by atoms with Crippen molar-refractivity contribution in [2.75, 3.05) is 17.7 Å². The van der Waals surface area contributed by atoms with Gasteiger partial charge in [-0.05, 0) is 24.1 Å². The number of hydrogen-bond donors (Lipinski definition) is 2. The molecular weight excluding hydrogens is 290 g/mol. The molecule has 0 spiro atoms. The maximum absolute atomic E-state index is 11.7. The molecule has 0 aliphatic heterocycles. The summed E-state index contributed by atoms with van der Waals surface area (Å²) in [5.74, 6) is 1.74. The van der Waals surface area contributed by atoms with Crippen LogP contribution in [-0.4, -0.2) is 18.0 Å². The highest BCUT2D eigenvalue weighted by Gasteiger charge is 2.06. The molecule has 0 fully saturated rings. The molecule has 2 aromatic rings. The fourth-order valence-electron chi connectivity index (χ4n) is 2.18. The minimum atomic E-state index is -0.0118. The van der Waals surface area contributed by atoms with Gasteiger partial charge >= 0.3 is 0 Å². The first-order valence-corrected chi connectivity index (χ1v) is 7.70. The second kappa shape index (κ2) is 8.17. The third kappa shape index (κ3) is 5.29. The van der Waals surface area contributed by atoms with Crippen molar-refractivity contribution < 1.29 is 9.53 Å². The number of nitrogens with zero attached hydrogens (tertiary/aromatic N) is 1. The number of para-hydroxylation sites is 1. The third-order valence-corrected chi connectivity index (χ3v) is 3.30. The Morgan fingerprint density at radius 1 is 1.22 bits per heavy atom. The first-order valence-electron chi connectivity index (χ1n) is 7.70. The quantitative estimate of drug-likeness (QED) is 0.818. The molecule has 0 aliphatic rings. The Hall–Kier alpha value is -2.56. The van der Waals surface area contributed by atoms with E-state index >= 15 is 0 Å². The lowest BCUT2D eigenvalue weighted by Gasteiger charge is -2.11. The summed E-state index contributed by atoms with van der Waals surface area (Å²) >= 11 is 0. The van der Waals surface area contributed by atoms with Gasteiger partial charge in [0.2, 0.25) is 5.91 Å². The first kappa shape index (κ1) is 16.8. The van der Waals surface area contributed by atoms with Gasteiger partial charge in [-0.2, -0.15) is 0 Å². The van der Waals surface area contributed by atoms with E-state index in [2.05, 4.69) is 15.6 Å². The molecular formula is C18H23N3O2. The van der Waals surface area contributed by atoms with Crippen LogP contribution in [0.4, 0.5) is 11.5 Å². The summed E-state index contributed by atoms with van der Waals surface area (Å²) in [4.78, 5) is 16.0. The van der Waals surface area contributed by atoms with Crippen LogP contribution in [0.2, 0.25) is 0 Å². The van der Waals surface area contributed by atoms with Gasteiger partial charge in [0.25, 0.3) is 0 Å². The summed E-state index contributed by atoms with van der Waals surface area (Å²) in [5.41, 5.74) is 1.96. The molecule has 0 bridgehead atoms. The fraction of sp³-hybridized carbons (Fsp3) is 0.333. The van der Waals surface area contributed by atoms with Crippen LogP contribution in [0.5, 0.6) is 5.75 Å².